The first-order chi connectivity index (χ1) is 8.81. The highest BCUT2D eigenvalue weighted by molar-refractivity contribution is 5.07. The average molecular weight is 250 g/mol. The average Bonchev–Trinajstić information content (AvgIpc) is 3.00. The fraction of sp³-hybridized carbons (Fsp3) is 0.733. The summed E-state index contributed by atoms with van der Waals surface area (Å²) in [7, 11) is 0. The van der Waals surface area contributed by atoms with Crippen LogP contribution < -0.4 is 5.32 Å². The van der Waals surface area contributed by atoms with Gasteiger partial charge in [0.2, 0.25) is 0 Å². The molecule has 0 spiro atoms. The predicted molar refractivity (Wildman–Crippen MR) is 74.4 cm³/mol. The molecule has 0 amide bonds. The molecule has 2 rings (SSSR count). The number of hydrogen-bond donors (Lipinski definition) is 1. The first kappa shape index (κ1) is 13.6. The Balaban J connectivity index is 1.76. The van der Waals surface area contributed by atoms with Gasteiger partial charge in [-0.25, -0.2) is 0 Å². The van der Waals surface area contributed by atoms with Gasteiger partial charge in [0.25, 0.3) is 0 Å². The summed E-state index contributed by atoms with van der Waals surface area (Å²) in [4.78, 5) is 2.51. The van der Waals surface area contributed by atoms with E-state index >= 15 is 0 Å². The summed E-state index contributed by atoms with van der Waals surface area (Å²) in [6, 6.07) is 4.23. The van der Waals surface area contributed by atoms with Crippen molar-refractivity contribution in [3.05, 3.63) is 23.7 Å². The third-order valence-corrected chi connectivity index (χ3v) is 3.77. The van der Waals surface area contributed by atoms with E-state index in [0.29, 0.717) is 0 Å². The minimum Gasteiger partial charge on any atom is -0.463 e. The molecule has 3 nitrogen and oxygen atoms in total. The molecule has 0 radical (unpaired) electrons. The molecule has 102 valence electrons. The van der Waals surface area contributed by atoms with Gasteiger partial charge in [0.1, 0.15) is 11.5 Å². The highest BCUT2D eigenvalue weighted by Gasteiger charge is 2.21. The van der Waals surface area contributed by atoms with Crippen LogP contribution in [0.5, 0.6) is 0 Å². The Morgan fingerprint density at radius 3 is 2.89 bits per heavy atom. The lowest BCUT2D eigenvalue weighted by Gasteiger charge is -2.13. The third-order valence-electron chi connectivity index (χ3n) is 3.77. The van der Waals surface area contributed by atoms with Gasteiger partial charge < -0.3 is 9.73 Å². The lowest BCUT2D eigenvalue weighted by molar-refractivity contribution is 0.280. The van der Waals surface area contributed by atoms with Crippen LogP contribution in [0.15, 0.2) is 16.5 Å². The molecule has 1 saturated heterocycles. The van der Waals surface area contributed by atoms with Crippen LogP contribution in [-0.2, 0) is 13.1 Å². The highest BCUT2D eigenvalue weighted by atomic mass is 16.3. The zero-order valence-corrected chi connectivity index (χ0v) is 11.7. The molecule has 1 aromatic rings. The van der Waals surface area contributed by atoms with Crippen LogP contribution >= 0.6 is 0 Å². The van der Waals surface area contributed by atoms with Crippen molar-refractivity contribution in [2.24, 2.45) is 5.92 Å². The van der Waals surface area contributed by atoms with Crippen molar-refractivity contribution in [3.63, 3.8) is 0 Å². The van der Waals surface area contributed by atoms with Crippen LogP contribution in [0.1, 0.15) is 44.6 Å². The molecule has 1 aromatic heterocycles. The molecule has 0 aliphatic carbocycles. The van der Waals surface area contributed by atoms with Crippen LogP contribution in [0.3, 0.4) is 0 Å². The summed E-state index contributed by atoms with van der Waals surface area (Å²) < 4.78 is 5.86. The van der Waals surface area contributed by atoms with Gasteiger partial charge in [-0.1, -0.05) is 20.3 Å². The number of nitrogens with one attached hydrogen (secondary N) is 1. The predicted octanol–water partition coefficient (Wildman–Crippen LogP) is 3.01. The van der Waals surface area contributed by atoms with Crippen LogP contribution in [0.25, 0.3) is 0 Å². The second-order valence-corrected chi connectivity index (χ2v) is 5.34. The molecule has 3 heteroatoms. The zero-order chi connectivity index (χ0) is 12.8. The molecule has 0 saturated carbocycles. The maximum atomic E-state index is 5.86. The Kier molecular flexibility index (Phi) is 5.26. The standard InChI is InChI=1S/C15H26N2O/c1-3-8-16-10-14-5-6-15(18-14)12-17-9-7-13(4-2)11-17/h5-6,13,16H,3-4,7-12H2,1-2H3. The Morgan fingerprint density at radius 2 is 2.17 bits per heavy atom. The quantitative estimate of drug-likeness (QED) is 0.754. The normalized spacial score (nSPS) is 20.7. The molecule has 1 atom stereocenters. The fourth-order valence-corrected chi connectivity index (χ4v) is 2.60. The van der Waals surface area contributed by atoms with Gasteiger partial charge >= 0.3 is 0 Å². The van der Waals surface area contributed by atoms with E-state index in [1.54, 1.807) is 0 Å². The smallest absolute Gasteiger partial charge is 0.118 e. The summed E-state index contributed by atoms with van der Waals surface area (Å²) >= 11 is 0. The van der Waals surface area contributed by atoms with E-state index in [1.165, 1.54) is 32.4 Å². The molecule has 0 bridgehead atoms. The second-order valence-electron chi connectivity index (χ2n) is 5.34. The third kappa shape index (κ3) is 3.85. The molecule has 18 heavy (non-hydrogen) atoms. The van der Waals surface area contributed by atoms with Crippen molar-refractivity contribution in [1.82, 2.24) is 10.2 Å². The van der Waals surface area contributed by atoms with Crippen LogP contribution in [0.2, 0.25) is 0 Å². The van der Waals surface area contributed by atoms with Gasteiger partial charge in [0.15, 0.2) is 0 Å². The van der Waals surface area contributed by atoms with E-state index in [1.807, 2.05) is 0 Å². The molecule has 1 aliphatic heterocycles. The zero-order valence-electron chi connectivity index (χ0n) is 11.7. The number of rotatable bonds is 7. The number of hydrogen-bond acceptors (Lipinski definition) is 3. The number of likely N-dealkylation sites (tertiary alicyclic amines) is 1. The number of nitrogens with zero attached hydrogens (tertiary/aromatic N) is 1. The summed E-state index contributed by atoms with van der Waals surface area (Å²) in [5.74, 6) is 3.07. The fourth-order valence-electron chi connectivity index (χ4n) is 2.60. The SMILES string of the molecule is CCCNCc1ccc(CN2CCC(CC)C2)o1. The molecule has 1 aliphatic rings. The van der Waals surface area contributed by atoms with Gasteiger partial charge in [-0.3, -0.25) is 4.90 Å². The first-order valence-electron chi connectivity index (χ1n) is 7.32. The number of furan rings is 1. The summed E-state index contributed by atoms with van der Waals surface area (Å²) in [6.45, 7) is 9.82. The van der Waals surface area contributed by atoms with E-state index in [0.717, 1.165) is 37.1 Å². The van der Waals surface area contributed by atoms with Crippen molar-refractivity contribution in [2.45, 2.75) is 46.2 Å². The Labute approximate surface area is 111 Å². The van der Waals surface area contributed by atoms with Gasteiger partial charge in [-0.15, -0.1) is 0 Å². The van der Waals surface area contributed by atoms with E-state index in [2.05, 4.69) is 36.2 Å². The van der Waals surface area contributed by atoms with Gasteiger partial charge in [0.05, 0.1) is 13.1 Å². The molecule has 1 N–H and O–H groups in total. The molecule has 1 fully saturated rings. The Hall–Kier alpha value is -0.800. The second kappa shape index (κ2) is 6.95. The Morgan fingerprint density at radius 1 is 1.33 bits per heavy atom. The van der Waals surface area contributed by atoms with Crippen LogP contribution in [0, 0.1) is 5.92 Å². The molecule has 2 heterocycles. The van der Waals surface area contributed by atoms with Gasteiger partial charge in [-0.2, -0.15) is 0 Å². The lowest BCUT2D eigenvalue weighted by Crippen LogP contribution is -2.19. The highest BCUT2D eigenvalue weighted by Crippen LogP contribution is 2.21. The van der Waals surface area contributed by atoms with Gasteiger partial charge in [0, 0.05) is 6.54 Å². The maximum absolute atomic E-state index is 5.86. The van der Waals surface area contributed by atoms with Crippen molar-refractivity contribution in [3.8, 4) is 0 Å². The van der Waals surface area contributed by atoms with E-state index in [4.69, 9.17) is 4.42 Å². The van der Waals surface area contributed by atoms with Crippen molar-refractivity contribution in [2.75, 3.05) is 19.6 Å². The van der Waals surface area contributed by atoms with Crippen LogP contribution in [0.4, 0.5) is 0 Å². The van der Waals surface area contributed by atoms with Crippen molar-refractivity contribution in [1.29, 1.82) is 0 Å². The van der Waals surface area contributed by atoms with E-state index in [-0.39, 0.29) is 0 Å². The van der Waals surface area contributed by atoms with Gasteiger partial charge in [-0.05, 0) is 44.0 Å². The molecular formula is C15H26N2O. The Bertz CT molecular complexity index is 348. The summed E-state index contributed by atoms with van der Waals surface area (Å²) in [5.41, 5.74) is 0. The first-order valence-corrected chi connectivity index (χ1v) is 7.32. The van der Waals surface area contributed by atoms with E-state index < -0.39 is 0 Å². The topological polar surface area (TPSA) is 28.4 Å². The summed E-state index contributed by atoms with van der Waals surface area (Å²) in [6.07, 6.45) is 3.82. The summed E-state index contributed by atoms with van der Waals surface area (Å²) in [5, 5.41) is 3.37. The van der Waals surface area contributed by atoms with E-state index in [9.17, 15) is 0 Å². The van der Waals surface area contributed by atoms with Crippen molar-refractivity contribution < 1.29 is 4.42 Å². The monoisotopic (exact) mass is 250 g/mol. The largest absolute Gasteiger partial charge is 0.463 e. The van der Waals surface area contributed by atoms with Crippen LogP contribution in [-0.4, -0.2) is 24.5 Å². The van der Waals surface area contributed by atoms with Crippen molar-refractivity contribution >= 4 is 0 Å². The molecule has 0 aromatic carbocycles. The maximum Gasteiger partial charge on any atom is 0.118 e. The minimum atomic E-state index is 0.853. The molecular weight excluding hydrogens is 224 g/mol. The lowest BCUT2D eigenvalue weighted by atomic mass is 10.1. The molecule has 1 unspecified atom stereocenters. The minimum absolute atomic E-state index is 0.853.